The summed E-state index contributed by atoms with van der Waals surface area (Å²) in [5.74, 6) is -2.78. The van der Waals surface area contributed by atoms with E-state index in [-0.39, 0.29) is 21.2 Å². The minimum absolute atomic E-state index is 0.0586. The number of fused-ring (bicyclic) bond motifs is 1. The number of benzene rings is 2. The fourth-order valence-corrected chi connectivity index (χ4v) is 3.77. The molecule has 31 heavy (non-hydrogen) atoms. The molecule has 2 aromatic carbocycles. The Hall–Kier alpha value is -2.90. The molecule has 3 amide bonds. The molecule has 0 saturated heterocycles. The van der Waals surface area contributed by atoms with Crippen molar-refractivity contribution in [2.75, 3.05) is 11.9 Å². The Kier molecular flexibility index (Phi) is 6.38. The molecular formula is C22H20Cl2N2O5. The Morgan fingerprint density at radius 1 is 0.968 bits per heavy atom. The summed E-state index contributed by atoms with van der Waals surface area (Å²) in [7, 11) is 0. The summed E-state index contributed by atoms with van der Waals surface area (Å²) in [6, 6.07) is 6.43. The van der Waals surface area contributed by atoms with Gasteiger partial charge in [-0.2, -0.15) is 0 Å². The van der Waals surface area contributed by atoms with E-state index in [1.165, 1.54) is 19.1 Å². The highest BCUT2D eigenvalue weighted by Crippen LogP contribution is 2.31. The molecule has 1 atom stereocenters. The van der Waals surface area contributed by atoms with Crippen LogP contribution in [0.2, 0.25) is 10.0 Å². The zero-order chi connectivity index (χ0) is 23.0. The number of nitrogens with one attached hydrogen (secondary N) is 1. The van der Waals surface area contributed by atoms with Crippen LogP contribution in [-0.4, -0.2) is 41.2 Å². The van der Waals surface area contributed by atoms with Crippen molar-refractivity contribution in [1.82, 2.24) is 4.90 Å². The Morgan fingerprint density at radius 2 is 1.45 bits per heavy atom. The van der Waals surface area contributed by atoms with Gasteiger partial charge in [-0.15, -0.1) is 0 Å². The third kappa shape index (κ3) is 4.57. The lowest BCUT2D eigenvalue weighted by Gasteiger charge is -2.18. The van der Waals surface area contributed by atoms with E-state index in [9.17, 15) is 19.2 Å². The molecule has 2 aromatic rings. The number of nitrogens with zero attached hydrogens (tertiary/aromatic N) is 1. The summed E-state index contributed by atoms with van der Waals surface area (Å²) in [6.07, 6.45) is -1.13. The molecule has 0 saturated carbocycles. The summed E-state index contributed by atoms with van der Waals surface area (Å²) in [5, 5.41) is 3.00. The maximum absolute atomic E-state index is 12.5. The standard InChI is InChI=1S/C22H20Cl2N2O5/c1-10-5-11(2)19(12(3)6-10)25-20(28)13(4)31-18(27)9-26-21(29)14-7-16(23)17(24)8-15(14)22(26)30/h5-8,13H,9H2,1-4H3,(H,25,28). The van der Waals surface area contributed by atoms with Crippen molar-refractivity contribution in [3.05, 3.63) is 62.1 Å². The van der Waals surface area contributed by atoms with Crippen LogP contribution in [0.1, 0.15) is 44.3 Å². The van der Waals surface area contributed by atoms with Crippen LogP contribution in [0.3, 0.4) is 0 Å². The second-order valence-corrected chi connectivity index (χ2v) is 8.22. The lowest BCUT2D eigenvalue weighted by Crippen LogP contribution is -2.38. The molecule has 1 unspecified atom stereocenters. The van der Waals surface area contributed by atoms with Crippen molar-refractivity contribution in [3.63, 3.8) is 0 Å². The monoisotopic (exact) mass is 462 g/mol. The SMILES string of the molecule is Cc1cc(C)c(NC(=O)C(C)OC(=O)CN2C(=O)c3cc(Cl)c(Cl)cc3C2=O)c(C)c1. The van der Waals surface area contributed by atoms with Crippen LogP contribution in [0.4, 0.5) is 5.69 Å². The number of carbonyl (C=O) groups excluding carboxylic acids is 4. The number of rotatable bonds is 5. The van der Waals surface area contributed by atoms with Gasteiger partial charge >= 0.3 is 5.97 Å². The smallest absolute Gasteiger partial charge is 0.326 e. The largest absolute Gasteiger partial charge is 0.451 e. The molecule has 0 aromatic heterocycles. The van der Waals surface area contributed by atoms with Crippen molar-refractivity contribution < 1.29 is 23.9 Å². The van der Waals surface area contributed by atoms with Gasteiger partial charge in [-0.25, -0.2) is 0 Å². The maximum Gasteiger partial charge on any atom is 0.326 e. The molecule has 0 spiro atoms. The number of anilines is 1. The van der Waals surface area contributed by atoms with Crippen LogP contribution < -0.4 is 5.32 Å². The van der Waals surface area contributed by atoms with Crippen LogP contribution in [0, 0.1) is 20.8 Å². The molecular weight excluding hydrogens is 443 g/mol. The van der Waals surface area contributed by atoms with E-state index in [0.29, 0.717) is 5.69 Å². The number of halogens is 2. The number of amides is 3. The third-order valence-corrected chi connectivity index (χ3v) is 5.62. The van der Waals surface area contributed by atoms with Crippen LogP contribution in [0.15, 0.2) is 24.3 Å². The van der Waals surface area contributed by atoms with Gasteiger partial charge in [-0.1, -0.05) is 40.9 Å². The van der Waals surface area contributed by atoms with Gasteiger partial charge in [-0.05, 0) is 51.0 Å². The topological polar surface area (TPSA) is 92.8 Å². The molecule has 1 N–H and O–H groups in total. The second-order valence-electron chi connectivity index (χ2n) is 7.40. The number of carbonyl (C=O) groups is 4. The van der Waals surface area contributed by atoms with E-state index >= 15 is 0 Å². The summed E-state index contributed by atoms with van der Waals surface area (Å²) in [4.78, 5) is 50.5. The molecule has 162 valence electrons. The van der Waals surface area contributed by atoms with E-state index in [0.717, 1.165) is 21.6 Å². The summed E-state index contributed by atoms with van der Waals surface area (Å²) < 4.78 is 5.14. The molecule has 7 nitrogen and oxygen atoms in total. The molecule has 0 aliphatic carbocycles. The lowest BCUT2D eigenvalue weighted by molar-refractivity contribution is -0.153. The van der Waals surface area contributed by atoms with Crippen molar-refractivity contribution in [3.8, 4) is 0 Å². The predicted molar refractivity (Wildman–Crippen MR) is 117 cm³/mol. The Morgan fingerprint density at radius 3 is 1.94 bits per heavy atom. The van der Waals surface area contributed by atoms with Crippen molar-refractivity contribution >= 4 is 52.6 Å². The van der Waals surface area contributed by atoms with Crippen LogP contribution in [0.5, 0.6) is 0 Å². The molecule has 3 rings (SSSR count). The number of hydrogen-bond acceptors (Lipinski definition) is 5. The summed E-state index contributed by atoms with van der Waals surface area (Å²) >= 11 is 11.8. The van der Waals surface area contributed by atoms with Gasteiger partial charge in [0.1, 0.15) is 6.54 Å². The fourth-order valence-electron chi connectivity index (χ4n) is 3.45. The normalized spacial score (nSPS) is 13.8. The van der Waals surface area contributed by atoms with Crippen LogP contribution >= 0.6 is 23.2 Å². The third-order valence-electron chi connectivity index (χ3n) is 4.90. The van der Waals surface area contributed by atoms with Crippen molar-refractivity contribution in [1.29, 1.82) is 0 Å². The first-order valence-electron chi connectivity index (χ1n) is 9.43. The Labute approximate surface area is 189 Å². The zero-order valence-electron chi connectivity index (χ0n) is 17.3. The average molecular weight is 463 g/mol. The lowest BCUT2D eigenvalue weighted by atomic mass is 10.0. The molecule has 1 aliphatic rings. The second kappa shape index (κ2) is 8.69. The van der Waals surface area contributed by atoms with Gasteiger partial charge in [0.05, 0.1) is 21.2 Å². The van der Waals surface area contributed by atoms with Gasteiger partial charge in [0.25, 0.3) is 17.7 Å². The number of aryl methyl sites for hydroxylation is 3. The molecule has 0 radical (unpaired) electrons. The van der Waals surface area contributed by atoms with E-state index < -0.39 is 36.3 Å². The first kappa shape index (κ1) is 22.8. The van der Waals surface area contributed by atoms with Crippen LogP contribution in [0.25, 0.3) is 0 Å². The molecule has 0 bridgehead atoms. The van der Waals surface area contributed by atoms with Gasteiger partial charge in [0.15, 0.2) is 6.10 Å². The van der Waals surface area contributed by atoms with E-state index in [1.807, 2.05) is 32.9 Å². The highest BCUT2D eigenvalue weighted by molar-refractivity contribution is 6.43. The quantitative estimate of drug-likeness (QED) is 0.533. The molecule has 0 fully saturated rings. The van der Waals surface area contributed by atoms with Crippen molar-refractivity contribution in [2.24, 2.45) is 0 Å². The average Bonchev–Trinajstić information content (AvgIpc) is 2.89. The molecule has 1 aliphatic heterocycles. The Balaban J connectivity index is 1.65. The molecule has 9 heteroatoms. The highest BCUT2D eigenvalue weighted by atomic mass is 35.5. The highest BCUT2D eigenvalue weighted by Gasteiger charge is 2.38. The predicted octanol–water partition coefficient (Wildman–Crippen LogP) is 4.09. The van der Waals surface area contributed by atoms with Crippen LogP contribution in [-0.2, 0) is 14.3 Å². The molecule has 1 heterocycles. The van der Waals surface area contributed by atoms with Gasteiger partial charge in [-0.3, -0.25) is 24.1 Å². The Bertz CT molecular complexity index is 1070. The van der Waals surface area contributed by atoms with Gasteiger partial charge < -0.3 is 10.1 Å². The van der Waals surface area contributed by atoms with Gasteiger partial charge in [0.2, 0.25) is 0 Å². The fraction of sp³-hybridized carbons (Fsp3) is 0.273. The number of ether oxygens (including phenoxy) is 1. The van der Waals surface area contributed by atoms with Crippen molar-refractivity contribution in [2.45, 2.75) is 33.8 Å². The first-order chi connectivity index (χ1) is 14.5. The number of imide groups is 1. The first-order valence-corrected chi connectivity index (χ1v) is 10.2. The zero-order valence-corrected chi connectivity index (χ0v) is 18.9. The number of hydrogen-bond donors (Lipinski definition) is 1. The summed E-state index contributed by atoms with van der Waals surface area (Å²) in [6.45, 7) is 6.47. The van der Waals surface area contributed by atoms with E-state index in [4.69, 9.17) is 27.9 Å². The van der Waals surface area contributed by atoms with E-state index in [2.05, 4.69) is 5.32 Å². The minimum atomic E-state index is -1.13. The maximum atomic E-state index is 12.5. The summed E-state index contributed by atoms with van der Waals surface area (Å²) in [5.41, 5.74) is 3.59. The minimum Gasteiger partial charge on any atom is -0.451 e. The number of esters is 1. The van der Waals surface area contributed by atoms with Gasteiger partial charge in [0, 0.05) is 5.69 Å². The van der Waals surface area contributed by atoms with E-state index in [1.54, 1.807) is 0 Å².